The quantitative estimate of drug-likeness (QED) is 0.462. The molecule has 0 bridgehead atoms. The van der Waals surface area contributed by atoms with Crippen molar-refractivity contribution < 1.29 is 24.5 Å². The molecule has 3 rings (SSSR count). The van der Waals surface area contributed by atoms with Crippen molar-refractivity contribution in [2.75, 3.05) is 0 Å². The smallest absolute Gasteiger partial charge is 0.331 e. The molecule has 1 fully saturated rings. The number of aliphatic hydroxyl groups is 2. The molecule has 1 saturated heterocycles. The van der Waals surface area contributed by atoms with Crippen LogP contribution in [-0.4, -0.2) is 45.9 Å². The van der Waals surface area contributed by atoms with Crippen molar-refractivity contribution >= 4 is 11.9 Å². The van der Waals surface area contributed by atoms with Crippen molar-refractivity contribution in [3.05, 3.63) is 35.5 Å². The van der Waals surface area contributed by atoms with E-state index in [1.165, 1.54) is 11.6 Å². The van der Waals surface area contributed by atoms with Gasteiger partial charge in [0, 0.05) is 24.0 Å². The standard InChI is InChI=1S/C25H37NO5/c1-13(2)9-19-22-17(6)15(4)12-18-11-14(3)10-16(5)23(29)20(27)7-8-21(28)31-25(18,22)24(30)26-19/h7-8,11-13,16-20,22-23,27,29H,9-10H2,1-6H3,(H,26,30)/b8-7-,14-11+/t16-,17+,18-,19-,20+,22-,23-,25+/m0/s1. The molecule has 1 amide bonds. The summed E-state index contributed by atoms with van der Waals surface area (Å²) in [6.45, 7) is 12.2. The van der Waals surface area contributed by atoms with Crippen LogP contribution in [0.15, 0.2) is 35.5 Å². The van der Waals surface area contributed by atoms with Crippen LogP contribution in [0.1, 0.15) is 54.4 Å². The average molecular weight is 432 g/mol. The van der Waals surface area contributed by atoms with Crippen LogP contribution in [0.2, 0.25) is 0 Å². The summed E-state index contributed by atoms with van der Waals surface area (Å²) in [5.41, 5.74) is 0.844. The number of hydrogen-bond donors (Lipinski definition) is 3. The highest BCUT2D eigenvalue weighted by Gasteiger charge is 2.64. The van der Waals surface area contributed by atoms with E-state index in [1.54, 1.807) is 0 Å². The number of aliphatic hydroxyl groups excluding tert-OH is 2. The Kier molecular flexibility index (Phi) is 6.82. The highest BCUT2D eigenvalue weighted by atomic mass is 16.6. The van der Waals surface area contributed by atoms with Gasteiger partial charge in [0.2, 0.25) is 5.60 Å². The fraction of sp³-hybridized carbons (Fsp3) is 0.680. The molecule has 3 N–H and O–H groups in total. The Labute approximate surface area is 185 Å². The number of hydrogen-bond acceptors (Lipinski definition) is 5. The van der Waals surface area contributed by atoms with Gasteiger partial charge >= 0.3 is 5.97 Å². The zero-order valence-corrected chi connectivity index (χ0v) is 19.5. The van der Waals surface area contributed by atoms with Gasteiger partial charge in [0.05, 0.1) is 12.2 Å². The lowest BCUT2D eigenvalue weighted by atomic mass is 9.63. The molecule has 1 spiro atoms. The third-order valence-corrected chi connectivity index (χ3v) is 7.26. The molecular weight excluding hydrogens is 394 g/mol. The van der Waals surface area contributed by atoms with E-state index >= 15 is 0 Å². The highest BCUT2D eigenvalue weighted by Crippen LogP contribution is 2.51. The lowest BCUT2D eigenvalue weighted by Crippen LogP contribution is -2.56. The Hall–Kier alpha value is -1.92. The van der Waals surface area contributed by atoms with E-state index in [0.29, 0.717) is 12.3 Å². The Balaban J connectivity index is 2.15. The molecule has 2 heterocycles. The Morgan fingerprint density at radius 3 is 2.52 bits per heavy atom. The SMILES string of the molecule is CC1=C[C@@H]2/C=C(\C)C[C@H](C)[C@H](O)[C@H](O)/C=C\C(=O)O[C@]23C(=O)N[C@@H](CC(C)C)[C@@H]3[C@@H]1C. The van der Waals surface area contributed by atoms with Gasteiger partial charge in [-0.25, -0.2) is 4.79 Å². The summed E-state index contributed by atoms with van der Waals surface area (Å²) in [6, 6.07) is -0.0848. The first kappa shape index (κ1) is 23.7. The van der Waals surface area contributed by atoms with Crippen molar-refractivity contribution in [3.63, 3.8) is 0 Å². The minimum absolute atomic E-state index is 0.0728. The fourth-order valence-electron chi connectivity index (χ4n) is 5.66. The maximum atomic E-state index is 13.5. The van der Waals surface area contributed by atoms with Crippen LogP contribution >= 0.6 is 0 Å². The normalized spacial score (nSPS) is 44.0. The fourth-order valence-corrected chi connectivity index (χ4v) is 5.66. The monoisotopic (exact) mass is 431 g/mol. The molecule has 0 radical (unpaired) electrons. The van der Waals surface area contributed by atoms with Gasteiger partial charge in [-0.3, -0.25) is 4.79 Å². The highest BCUT2D eigenvalue weighted by molar-refractivity contribution is 5.94. The first-order chi connectivity index (χ1) is 14.5. The number of nitrogens with one attached hydrogen (secondary N) is 1. The number of carbonyl (C=O) groups excluding carboxylic acids is 2. The van der Waals surface area contributed by atoms with Crippen LogP contribution in [0.5, 0.6) is 0 Å². The molecule has 2 aliphatic heterocycles. The van der Waals surface area contributed by atoms with Gasteiger partial charge in [-0.15, -0.1) is 0 Å². The van der Waals surface area contributed by atoms with Crippen LogP contribution < -0.4 is 5.32 Å². The average Bonchev–Trinajstić information content (AvgIpc) is 2.94. The van der Waals surface area contributed by atoms with Crippen LogP contribution in [0, 0.1) is 29.6 Å². The van der Waals surface area contributed by atoms with Crippen molar-refractivity contribution in [2.24, 2.45) is 29.6 Å². The predicted octanol–water partition coefficient (Wildman–Crippen LogP) is 2.91. The summed E-state index contributed by atoms with van der Waals surface area (Å²) >= 11 is 0. The van der Waals surface area contributed by atoms with Crippen molar-refractivity contribution in [2.45, 2.75) is 78.2 Å². The summed E-state index contributed by atoms with van der Waals surface area (Å²) in [7, 11) is 0. The first-order valence-corrected chi connectivity index (χ1v) is 11.4. The van der Waals surface area contributed by atoms with E-state index in [0.717, 1.165) is 18.1 Å². The summed E-state index contributed by atoms with van der Waals surface area (Å²) in [5.74, 6) is -1.26. The molecule has 0 aromatic rings. The summed E-state index contributed by atoms with van der Waals surface area (Å²) in [4.78, 5) is 26.3. The number of rotatable bonds is 2. The maximum absolute atomic E-state index is 13.5. The molecule has 3 aliphatic rings. The lowest BCUT2D eigenvalue weighted by molar-refractivity contribution is -0.172. The first-order valence-electron chi connectivity index (χ1n) is 11.4. The van der Waals surface area contributed by atoms with Crippen LogP contribution in [0.4, 0.5) is 0 Å². The minimum atomic E-state index is -1.33. The summed E-state index contributed by atoms with van der Waals surface area (Å²) in [6.07, 6.45) is 5.66. The van der Waals surface area contributed by atoms with E-state index < -0.39 is 29.7 Å². The van der Waals surface area contributed by atoms with Crippen molar-refractivity contribution in [1.82, 2.24) is 5.32 Å². The Bertz CT molecular complexity index is 813. The Morgan fingerprint density at radius 2 is 1.87 bits per heavy atom. The molecule has 172 valence electrons. The van der Waals surface area contributed by atoms with E-state index in [1.807, 2.05) is 19.9 Å². The van der Waals surface area contributed by atoms with Gasteiger partial charge in [0.15, 0.2) is 0 Å². The molecule has 0 aromatic heterocycles. The molecule has 31 heavy (non-hydrogen) atoms. The van der Waals surface area contributed by atoms with E-state index in [-0.39, 0.29) is 29.7 Å². The number of allylic oxidation sites excluding steroid dienone is 2. The lowest BCUT2D eigenvalue weighted by Gasteiger charge is -2.45. The summed E-state index contributed by atoms with van der Waals surface area (Å²) < 4.78 is 6.02. The van der Waals surface area contributed by atoms with Gasteiger partial charge in [0.1, 0.15) is 0 Å². The van der Waals surface area contributed by atoms with E-state index in [2.05, 4.69) is 39.1 Å². The van der Waals surface area contributed by atoms with Gasteiger partial charge < -0.3 is 20.3 Å². The van der Waals surface area contributed by atoms with Crippen LogP contribution in [0.25, 0.3) is 0 Å². The van der Waals surface area contributed by atoms with Gasteiger partial charge in [-0.05, 0) is 50.5 Å². The largest absolute Gasteiger partial charge is 0.444 e. The number of carbonyl (C=O) groups is 2. The van der Waals surface area contributed by atoms with Crippen molar-refractivity contribution in [3.8, 4) is 0 Å². The zero-order chi connectivity index (χ0) is 23.1. The molecule has 6 nitrogen and oxygen atoms in total. The third kappa shape index (κ3) is 4.37. The van der Waals surface area contributed by atoms with Gasteiger partial charge in [0.25, 0.3) is 5.91 Å². The predicted molar refractivity (Wildman–Crippen MR) is 119 cm³/mol. The molecule has 1 aliphatic carbocycles. The van der Waals surface area contributed by atoms with Crippen molar-refractivity contribution in [1.29, 1.82) is 0 Å². The van der Waals surface area contributed by atoms with E-state index in [4.69, 9.17) is 4.74 Å². The Morgan fingerprint density at radius 1 is 1.19 bits per heavy atom. The van der Waals surface area contributed by atoms with Crippen LogP contribution in [0.3, 0.4) is 0 Å². The second-order valence-corrected chi connectivity index (χ2v) is 10.2. The summed E-state index contributed by atoms with van der Waals surface area (Å²) in [5, 5.41) is 23.8. The molecular formula is C25H37NO5. The minimum Gasteiger partial charge on any atom is -0.444 e. The molecule has 8 atom stereocenters. The number of ether oxygens (including phenoxy) is 1. The van der Waals surface area contributed by atoms with Gasteiger partial charge in [-0.2, -0.15) is 0 Å². The maximum Gasteiger partial charge on any atom is 0.331 e. The topological polar surface area (TPSA) is 95.9 Å². The third-order valence-electron chi connectivity index (χ3n) is 7.26. The second-order valence-electron chi connectivity index (χ2n) is 10.2. The molecule has 0 aromatic carbocycles. The molecule has 0 saturated carbocycles. The molecule has 0 unspecified atom stereocenters. The number of amides is 1. The number of esters is 1. The van der Waals surface area contributed by atoms with Gasteiger partial charge in [-0.1, -0.05) is 51.0 Å². The van der Waals surface area contributed by atoms with E-state index in [9.17, 15) is 19.8 Å². The second kappa shape index (κ2) is 8.91. The molecule has 6 heteroatoms. The van der Waals surface area contributed by atoms with Crippen LogP contribution in [-0.2, 0) is 14.3 Å². The zero-order valence-electron chi connectivity index (χ0n) is 19.5.